The third-order valence-corrected chi connectivity index (χ3v) is 2.88. The topological polar surface area (TPSA) is 61.6 Å². The van der Waals surface area contributed by atoms with E-state index in [1.165, 1.54) is 11.1 Å². The molecule has 2 rings (SSSR count). The van der Waals surface area contributed by atoms with E-state index in [0.29, 0.717) is 18.9 Å². The van der Waals surface area contributed by atoms with Crippen LogP contribution in [0.2, 0.25) is 0 Å². The fourth-order valence-corrected chi connectivity index (χ4v) is 1.84. The number of hydrogen-bond donors (Lipinski definition) is 1. The second-order valence-corrected chi connectivity index (χ2v) is 4.45. The molecule has 1 heterocycles. The lowest BCUT2D eigenvalue weighted by atomic mass is 10.0. The van der Waals surface area contributed by atoms with Gasteiger partial charge >= 0.3 is 0 Å². The molecule has 1 aromatic carbocycles. The monoisotopic (exact) mass is 252 g/mol. The van der Waals surface area contributed by atoms with Gasteiger partial charge in [-0.15, -0.1) is 0 Å². The Balaban J connectivity index is 2.18. The second kappa shape index (κ2) is 5.96. The molecule has 0 saturated heterocycles. The van der Waals surface area contributed by atoms with Gasteiger partial charge in [0.1, 0.15) is 0 Å². The number of aryl methyl sites for hydroxylation is 2. The fraction of sp³-hybridized carbons (Fsp3) is 0.267. The van der Waals surface area contributed by atoms with Crippen LogP contribution in [0.1, 0.15) is 17.5 Å². The van der Waals surface area contributed by atoms with Gasteiger partial charge < -0.3 is 5.32 Å². The predicted molar refractivity (Wildman–Crippen MR) is 75.7 cm³/mol. The average molecular weight is 252 g/mol. The summed E-state index contributed by atoms with van der Waals surface area (Å²) in [7, 11) is 0. The van der Waals surface area contributed by atoms with Crippen LogP contribution < -0.4 is 5.32 Å². The molecule has 0 saturated carbocycles. The second-order valence-electron chi connectivity index (χ2n) is 4.45. The van der Waals surface area contributed by atoms with E-state index in [9.17, 15) is 0 Å². The van der Waals surface area contributed by atoms with Gasteiger partial charge in [0.05, 0.1) is 12.5 Å². The lowest BCUT2D eigenvalue weighted by molar-refractivity contribution is 1.02. The Morgan fingerprint density at radius 3 is 2.63 bits per heavy atom. The molecule has 4 nitrogen and oxygen atoms in total. The van der Waals surface area contributed by atoms with Crippen molar-refractivity contribution >= 4 is 5.95 Å². The molecule has 0 aliphatic rings. The highest BCUT2D eigenvalue weighted by Gasteiger charge is 2.04. The number of nitrogens with one attached hydrogen (secondary N) is 1. The van der Waals surface area contributed by atoms with Gasteiger partial charge in [-0.05, 0) is 25.0 Å². The maximum absolute atomic E-state index is 8.46. The Morgan fingerprint density at radius 2 is 1.95 bits per heavy atom. The highest BCUT2D eigenvalue weighted by Crippen LogP contribution is 2.23. The Labute approximate surface area is 113 Å². The summed E-state index contributed by atoms with van der Waals surface area (Å²) in [5, 5.41) is 11.5. The molecule has 19 heavy (non-hydrogen) atoms. The van der Waals surface area contributed by atoms with Crippen molar-refractivity contribution in [3.63, 3.8) is 0 Å². The summed E-state index contributed by atoms with van der Waals surface area (Å²) in [5.41, 5.74) is 4.59. The zero-order chi connectivity index (χ0) is 13.7. The van der Waals surface area contributed by atoms with E-state index in [1.54, 1.807) is 0 Å². The summed E-state index contributed by atoms with van der Waals surface area (Å²) >= 11 is 0. The molecule has 96 valence electrons. The maximum Gasteiger partial charge on any atom is 0.222 e. The molecule has 0 radical (unpaired) electrons. The fourth-order valence-electron chi connectivity index (χ4n) is 1.84. The van der Waals surface area contributed by atoms with Crippen LogP contribution in [0.15, 0.2) is 30.6 Å². The van der Waals surface area contributed by atoms with E-state index in [4.69, 9.17) is 5.26 Å². The average Bonchev–Trinajstić information content (AvgIpc) is 2.43. The van der Waals surface area contributed by atoms with Crippen molar-refractivity contribution < 1.29 is 0 Å². The Morgan fingerprint density at radius 1 is 1.21 bits per heavy atom. The van der Waals surface area contributed by atoms with Gasteiger partial charge in [0, 0.05) is 24.5 Å². The van der Waals surface area contributed by atoms with E-state index in [2.05, 4.69) is 53.4 Å². The van der Waals surface area contributed by atoms with Crippen molar-refractivity contribution in [1.29, 1.82) is 5.26 Å². The van der Waals surface area contributed by atoms with Crippen molar-refractivity contribution in [2.24, 2.45) is 0 Å². The molecule has 0 unspecified atom stereocenters. The van der Waals surface area contributed by atoms with Gasteiger partial charge in [0.15, 0.2) is 0 Å². The minimum absolute atomic E-state index is 0.447. The molecular formula is C15H16N4. The van der Waals surface area contributed by atoms with Crippen molar-refractivity contribution in [1.82, 2.24) is 9.97 Å². The van der Waals surface area contributed by atoms with Crippen LogP contribution in [0.3, 0.4) is 0 Å². The predicted octanol–water partition coefficient (Wildman–Crippen LogP) is 3.09. The van der Waals surface area contributed by atoms with Crippen LogP contribution in [0.5, 0.6) is 0 Å². The molecule has 4 heteroatoms. The smallest absolute Gasteiger partial charge is 0.222 e. The van der Waals surface area contributed by atoms with Gasteiger partial charge in [0.2, 0.25) is 5.95 Å². The number of aromatic nitrogens is 2. The third-order valence-electron chi connectivity index (χ3n) is 2.88. The molecular weight excluding hydrogens is 236 g/mol. The standard InChI is InChI=1S/C15H16N4/c1-11-4-5-12(2)14(8-11)13-9-18-15(19-10-13)17-7-3-6-16/h4-5,8-10H,3,7H2,1-2H3,(H,17,18,19). The number of nitrogens with zero attached hydrogens (tertiary/aromatic N) is 3. The first-order valence-electron chi connectivity index (χ1n) is 6.21. The quantitative estimate of drug-likeness (QED) is 0.849. The highest BCUT2D eigenvalue weighted by atomic mass is 15.1. The summed E-state index contributed by atoms with van der Waals surface area (Å²) < 4.78 is 0. The Kier molecular flexibility index (Phi) is 4.09. The molecule has 2 aromatic rings. The lowest BCUT2D eigenvalue weighted by Gasteiger charge is -2.07. The molecule has 0 aliphatic carbocycles. The summed E-state index contributed by atoms with van der Waals surface area (Å²) in [5.74, 6) is 0.560. The molecule has 0 bridgehead atoms. The lowest BCUT2D eigenvalue weighted by Crippen LogP contribution is -2.04. The summed E-state index contributed by atoms with van der Waals surface area (Å²) in [6.07, 6.45) is 4.06. The number of nitriles is 1. The summed E-state index contributed by atoms with van der Waals surface area (Å²) in [6, 6.07) is 8.40. The van der Waals surface area contributed by atoms with Crippen LogP contribution in [0.4, 0.5) is 5.95 Å². The zero-order valence-electron chi connectivity index (χ0n) is 11.1. The van der Waals surface area contributed by atoms with Gasteiger partial charge in [-0.25, -0.2) is 9.97 Å². The molecule has 0 atom stereocenters. The van der Waals surface area contributed by atoms with E-state index < -0.39 is 0 Å². The summed E-state index contributed by atoms with van der Waals surface area (Å²) in [4.78, 5) is 8.53. The van der Waals surface area contributed by atoms with E-state index >= 15 is 0 Å². The zero-order valence-corrected chi connectivity index (χ0v) is 11.1. The van der Waals surface area contributed by atoms with E-state index in [1.807, 2.05) is 12.4 Å². The van der Waals surface area contributed by atoms with Gasteiger partial charge in [-0.1, -0.05) is 23.8 Å². The van der Waals surface area contributed by atoms with Crippen LogP contribution in [-0.2, 0) is 0 Å². The van der Waals surface area contributed by atoms with Gasteiger partial charge in [-0.2, -0.15) is 5.26 Å². The number of hydrogen-bond acceptors (Lipinski definition) is 4. The van der Waals surface area contributed by atoms with Crippen molar-refractivity contribution in [3.8, 4) is 17.2 Å². The van der Waals surface area contributed by atoms with Crippen LogP contribution in [0.25, 0.3) is 11.1 Å². The molecule has 0 spiro atoms. The summed E-state index contributed by atoms with van der Waals surface area (Å²) in [6.45, 7) is 4.72. The van der Waals surface area contributed by atoms with Crippen LogP contribution >= 0.6 is 0 Å². The highest BCUT2D eigenvalue weighted by molar-refractivity contribution is 5.66. The van der Waals surface area contributed by atoms with Gasteiger partial charge in [0.25, 0.3) is 0 Å². The number of benzene rings is 1. The molecule has 0 amide bonds. The first-order valence-corrected chi connectivity index (χ1v) is 6.21. The third kappa shape index (κ3) is 3.29. The van der Waals surface area contributed by atoms with E-state index in [-0.39, 0.29) is 0 Å². The normalized spacial score (nSPS) is 9.95. The van der Waals surface area contributed by atoms with Crippen LogP contribution in [0, 0.1) is 25.2 Å². The van der Waals surface area contributed by atoms with E-state index in [0.717, 1.165) is 11.1 Å². The van der Waals surface area contributed by atoms with Crippen molar-refractivity contribution in [3.05, 3.63) is 41.7 Å². The minimum Gasteiger partial charge on any atom is -0.353 e. The first-order chi connectivity index (χ1) is 9.20. The SMILES string of the molecule is Cc1ccc(C)c(-c2cnc(NCCC#N)nc2)c1. The van der Waals surface area contributed by atoms with Gasteiger partial charge in [-0.3, -0.25) is 0 Å². The Bertz CT molecular complexity index is 597. The largest absolute Gasteiger partial charge is 0.353 e. The maximum atomic E-state index is 8.46. The Hall–Kier alpha value is -2.41. The van der Waals surface area contributed by atoms with Crippen molar-refractivity contribution in [2.75, 3.05) is 11.9 Å². The van der Waals surface area contributed by atoms with Crippen molar-refractivity contribution in [2.45, 2.75) is 20.3 Å². The minimum atomic E-state index is 0.447. The first kappa shape index (κ1) is 13.0. The van der Waals surface area contributed by atoms with Crippen LogP contribution in [-0.4, -0.2) is 16.5 Å². The molecule has 1 N–H and O–H groups in total. The molecule has 0 aliphatic heterocycles. The number of anilines is 1. The number of rotatable bonds is 4. The molecule has 0 fully saturated rings. The molecule has 1 aromatic heterocycles.